The molecule has 8 nitrogen and oxygen atoms in total. The van der Waals surface area contributed by atoms with Gasteiger partial charge in [0, 0.05) is 13.0 Å². The third kappa shape index (κ3) is 4.39. The number of amides is 2. The Labute approximate surface area is 175 Å². The van der Waals surface area contributed by atoms with Crippen molar-refractivity contribution in [2.24, 2.45) is 0 Å². The Morgan fingerprint density at radius 3 is 2.90 bits per heavy atom. The van der Waals surface area contributed by atoms with Gasteiger partial charge in [-0.1, -0.05) is 29.4 Å². The Morgan fingerprint density at radius 1 is 1.30 bits per heavy atom. The van der Waals surface area contributed by atoms with Gasteiger partial charge in [-0.15, -0.1) is 11.3 Å². The number of hydrogen-bond acceptors (Lipinski definition) is 7. The van der Waals surface area contributed by atoms with Crippen LogP contribution in [0.15, 0.2) is 46.3 Å². The van der Waals surface area contributed by atoms with Gasteiger partial charge >= 0.3 is 0 Å². The molecular formula is C20H19FN4O4S. The van der Waals surface area contributed by atoms with E-state index in [4.69, 9.17) is 4.52 Å². The number of rotatable bonds is 6. The van der Waals surface area contributed by atoms with Crippen LogP contribution >= 0.6 is 11.3 Å². The molecule has 4 rings (SSSR count). The number of nitrogens with zero attached hydrogens (tertiary/aromatic N) is 3. The molecule has 1 fully saturated rings. The quantitative estimate of drug-likeness (QED) is 0.617. The van der Waals surface area contributed by atoms with Gasteiger partial charge in [-0.3, -0.25) is 9.59 Å². The highest BCUT2D eigenvalue weighted by Crippen LogP contribution is 2.23. The number of hydrogen-bond donors (Lipinski definition) is 2. The highest BCUT2D eigenvalue weighted by atomic mass is 32.1. The number of carbonyl (C=O) groups is 2. The van der Waals surface area contributed by atoms with Crippen LogP contribution in [0.2, 0.25) is 0 Å². The lowest BCUT2D eigenvalue weighted by atomic mass is 10.1. The summed E-state index contributed by atoms with van der Waals surface area (Å²) in [6.45, 7) is 0.0474. The van der Waals surface area contributed by atoms with Crippen molar-refractivity contribution >= 4 is 23.2 Å². The van der Waals surface area contributed by atoms with E-state index >= 15 is 0 Å². The molecule has 10 heteroatoms. The molecule has 2 N–H and O–H groups in total. The summed E-state index contributed by atoms with van der Waals surface area (Å²) in [4.78, 5) is 31.7. The van der Waals surface area contributed by atoms with E-state index < -0.39 is 29.8 Å². The van der Waals surface area contributed by atoms with Crippen molar-refractivity contribution in [2.75, 3.05) is 6.54 Å². The molecule has 156 valence electrons. The highest BCUT2D eigenvalue weighted by Gasteiger charge is 2.38. The minimum absolute atomic E-state index is 0.0235. The molecule has 3 heterocycles. The number of aliphatic hydroxyl groups is 1. The normalized spacial score (nSPS) is 18.5. The third-order valence-electron chi connectivity index (χ3n) is 4.82. The van der Waals surface area contributed by atoms with Crippen LogP contribution < -0.4 is 5.32 Å². The molecule has 2 amide bonds. The molecule has 2 atom stereocenters. The van der Waals surface area contributed by atoms with Gasteiger partial charge in [0.15, 0.2) is 5.82 Å². The smallest absolute Gasteiger partial charge is 0.268 e. The van der Waals surface area contributed by atoms with Crippen molar-refractivity contribution in [3.8, 4) is 10.8 Å². The third-order valence-corrected chi connectivity index (χ3v) is 5.68. The summed E-state index contributed by atoms with van der Waals surface area (Å²) in [7, 11) is 0. The molecule has 3 aromatic rings. The largest absolute Gasteiger partial charge is 0.391 e. The molecule has 2 aromatic heterocycles. The average Bonchev–Trinajstić information content (AvgIpc) is 3.48. The fraction of sp³-hybridized carbons (Fsp3) is 0.300. The number of β-amino-alcohol motifs (C(OH)–C–C–N with tert-alkyl or cyclic N) is 1. The first kappa shape index (κ1) is 20.2. The predicted octanol–water partition coefficient (Wildman–Crippen LogP) is 1.76. The number of halogens is 1. The lowest BCUT2D eigenvalue weighted by molar-refractivity contribution is -0.138. The van der Waals surface area contributed by atoms with Crippen LogP contribution in [0.25, 0.3) is 10.8 Å². The maximum Gasteiger partial charge on any atom is 0.268 e. The van der Waals surface area contributed by atoms with Crippen molar-refractivity contribution in [3.05, 3.63) is 59.0 Å². The van der Waals surface area contributed by atoms with Crippen molar-refractivity contribution in [1.82, 2.24) is 20.4 Å². The number of benzene rings is 1. The van der Waals surface area contributed by atoms with Crippen LogP contribution in [0, 0.1) is 5.82 Å². The van der Waals surface area contributed by atoms with Crippen molar-refractivity contribution in [2.45, 2.75) is 31.5 Å². The fourth-order valence-corrected chi connectivity index (χ4v) is 4.00. The number of thiophene rings is 1. The first-order chi connectivity index (χ1) is 14.5. The first-order valence-corrected chi connectivity index (χ1v) is 10.2. The average molecular weight is 430 g/mol. The number of carbonyl (C=O) groups excluding carboxylic acids is 2. The molecule has 0 aliphatic carbocycles. The summed E-state index contributed by atoms with van der Waals surface area (Å²) < 4.78 is 19.0. The second-order valence-electron chi connectivity index (χ2n) is 6.93. The lowest BCUT2D eigenvalue weighted by Crippen LogP contribution is -2.46. The van der Waals surface area contributed by atoms with Gasteiger partial charge in [0.25, 0.3) is 5.89 Å². The van der Waals surface area contributed by atoms with Gasteiger partial charge in [-0.05, 0) is 23.1 Å². The zero-order valence-electron chi connectivity index (χ0n) is 15.8. The number of nitrogens with one attached hydrogen (secondary N) is 1. The molecule has 1 saturated heterocycles. The maximum absolute atomic E-state index is 13.9. The van der Waals surface area contributed by atoms with Gasteiger partial charge in [-0.2, -0.15) is 4.98 Å². The number of aliphatic hydroxyl groups excluding tert-OH is 1. The van der Waals surface area contributed by atoms with E-state index in [0.29, 0.717) is 11.7 Å². The standard InChI is InChI=1S/C20H19FN4O4S/c21-14-5-2-1-4-12(14)8-18(27)25-11-13(26)9-15(25)19(28)22-10-17-23-20(29-24-17)16-6-3-7-30-16/h1-7,13,15,26H,8-11H2,(H,22,28). The Balaban J connectivity index is 1.38. The topological polar surface area (TPSA) is 109 Å². The summed E-state index contributed by atoms with van der Waals surface area (Å²) >= 11 is 1.46. The van der Waals surface area contributed by atoms with Crippen molar-refractivity contribution in [3.63, 3.8) is 0 Å². The molecule has 0 saturated carbocycles. The highest BCUT2D eigenvalue weighted by molar-refractivity contribution is 7.13. The zero-order chi connectivity index (χ0) is 21.1. The molecule has 0 radical (unpaired) electrons. The first-order valence-electron chi connectivity index (χ1n) is 9.36. The van der Waals surface area contributed by atoms with Crippen LogP contribution in [0.5, 0.6) is 0 Å². The minimum atomic E-state index is -0.844. The van der Waals surface area contributed by atoms with Crippen LogP contribution in [0.3, 0.4) is 0 Å². The number of likely N-dealkylation sites (tertiary alicyclic amines) is 1. The second kappa shape index (κ2) is 8.72. The maximum atomic E-state index is 13.9. The zero-order valence-corrected chi connectivity index (χ0v) is 16.6. The van der Waals surface area contributed by atoms with Gasteiger partial charge in [0.1, 0.15) is 11.9 Å². The molecular weight excluding hydrogens is 411 g/mol. The Hall–Kier alpha value is -3.11. The summed E-state index contributed by atoms with van der Waals surface area (Å²) in [6.07, 6.45) is -0.888. The lowest BCUT2D eigenvalue weighted by Gasteiger charge is -2.23. The SMILES string of the molecule is O=C(NCc1noc(-c2cccs2)n1)C1CC(O)CN1C(=O)Cc1ccccc1F. The van der Waals surface area contributed by atoms with Crippen molar-refractivity contribution in [1.29, 1.82) is 0 Å². The Bertz CT molecular complexity index is 1040. The van der Waals surface area contributed by atoms with Gasteiger partial charge in [0.2, 0.25) is 11.8 Å². The van der Waals surface area contributed by atoms with Crippen LogP contribution in [0.4, 0.5) is 4.39 Å². The fourth-order valence-electron chi connectivity index (χ4n) is 3.35. The van der Waals surface area contributed by atoms with E-state index in [1.807, 2.05) is 17.5 Å². The molecule has 30 heavy (non-hydrogen) atoms. The van der Waals surface area contributed by atoms with Crippen LogP contribution in [0.1, 0.15) is 17.8 Å². The Kier molecular flexibility index (Phi) is 5.86. The van der Waals surface area contributed by atoms with Gasteiger partial charge < -0.3 is 19.8 Å². The second-order valence-corrected chi connectivity index (χ2v) is 7.88. The summed E-state index contributed by atoms with van der Waals surface area (Å²) in [5.74, 6) is -0.667. The van der Waals surface area contributed by atoms with E-state index in [0.717, 1.165) is 4.88 Å². The molecule has 1 aliphatic rings. The van der Waals surface area contributed by atoms with E-state index in [9.17, 15) is 19.1 Å². The Morgan fingerprint density at radius 2 is 2.13 bits per heavy atom. The predicted molar refractivity (Wildman–Crippen MR) is 106 cm³/mol. The minimum Gasteiger partial charge on any atom is -0.391 e. The summed E-state index contributed by atoms with van der Waals surface area (Å²) in [5, 5.41) is 18.4. The molecule has 1 aromatic carbocycles. The van der Waals surface area contributed by atoms with Crippen LogP contribution in [-0.2, 0) is 22.6 Å². The van der Waals surface area contributed by atoms with Gasteiger partial charge in [0.05, 0.1) is 23.9 Å². The van der Waals surface area contributed by atoms with E-state index in [1.54, 1.807) is 12.1 Å². The monoisotopic (exact) mass is 430 g/mol. The van der Waals surface area contributed by atoms with Crippen molar-refractivity contribution < 1.29 is 23.6 Å². The van der Waals surface area contributed by atoms with E-state index in [-0.39, 0.29) is 31.5 Å². The van der Waals surface area contributed by atoms with Crippen LogP contribution in [-0.4, -0.2) is 50.7 Å². The van der Waals surface area contributed by atoms with E-state index in [2.05, 4.69) is 15.5 Å². The molecule has 2 unspecified atom stereocenters. The molecule has 1 aliphatic heterocycles. The summed E-state index contributed by atoms with van der Waals surface area (Å²) in [5.41, 5.74) is 0.246. The molecule has 0 spiro atoms. The summed E-state index contributed by atoms with van der Waals surface area (Å²) in [6, 6.07) is 8.86. The van der Waals surface area contributed by atoms with Gasteiger partial charge in [-0.25, -0.2) is 4.39 Å². The van der Waals surface area contributed by atoms with E-state index in [1.165, 1.54) is 28.4 Å². The molecule has 0 bridgehead atoms. The number of aromatic nitrogens is 2.